The molecule has 1 aliphatic carbocycles. The zero-order valence-electron chi connectivity index (χ0n) is 11.6. The highest BCUT2D eigenvalue weighted by molar-refractivity contribution is 7.89. The second kappa shape index (κ2) is 6.22. The molecule has 5 heteroatoms. The van der Waals surface area contributed by atoms with E-state index in [-0.39, 0.29) is 10.7 Å². The number of carbonyl (C=O) groups is 1. The molecule has 0 aromatic heterocycles. The van der Waals surface area contributed by atoms with E-state index >= 15 is 0 Å². The number of carbonyl (C=O) groups excluding carboxylic acids is 1. The summed E-state index contributed by atoms with van der Waals surface area (Å²) >= 11 is 0. The molecule has 1 saturated carbocycles. The Morgan fingerprint density at radius 2 is 1.70 bits per heavy atom. The van der Waals surface area contributed by atoms with E-state index in [1.165, 1.54) is 6.20 Å². The van der Waals surface area contributed by atoms with E-state index < -0.39 is 10.0 Å². The van der Waals surface area contributed by atoms with Gasteiger partial charge in [-0.3, -0.25) is 9.52 Å². The number of ketones is 1. The third-order valence-electron chi connectivity index (χ3n) is 3.43. The normalized spacial score (nSPS) is 18.9. The van der Waals surface area contributed by atoms with Gasteiger partial charge in [-0.05, 0) is 38.3 Å². The van der Waals surface area contributed by atoms with E-state index in [2.05, 4.69) is 4.72 Å². The van der Waals surface area contributed by atoms with Crippen molar-refractivity contribution < 1.29 is 13.2 Å². The van der Waals surface area contributed by atoms with Crippen molar-refractivity contribution in [2.45, 2.75) is 43.9 Å². The van der Waals surface area contributed by atoms with Crippen molar-refractivity contribution >= 4 is 15.8 Å². The van der Waals surface area contributed by atoms with E-state index in [0.29, 0.717) is 18.4 Å². The molecule has 4 nitrogen and oxygen atoms in total. The monoisotopic (exact) mass is 293 g/mol. The van der Waals surface area contributed by atoms with Gasteiger partial charge < -0.3 is 0 Å². The molecular formula is C15H19NO3S. The Kier molecular flexibility index (Phi) is 4.60. The van der Waals surface area contributed by atoms with Crippen molar-refractivity contribution in [3.05, 3.63) is 41.6 Å². The molecule has 108 valence electrons. The molecular weight excluding hydrogens is 274 g/mol. The number of allylic oxidation sites excluding steroid dienone is 1. The maximum atomic E-state index is 12.1. The summed E-state index contributed by atoms with van der Waals surface area (Å²) < 4.78 is 26.6. The quantitative estimate of drug-likeness (QED) is 0.688. The fourth-order valence-corrected chi connectivity index (χ4v) is 3.09. The van der Waals surface area contributed by atoms with Gasteiger partial charge in [0.2, 0.25) is 0 Å². The average molecular weight is 293 g/mol. The number of sulfonamides is 1. The average Bonchev–Trinajstić information content (AvgIpc) is 2.62. The number of rotatable bonds is 3. The van der Waals surface area contributed by atoms with Crippen molar-refractivity contribution in [3.8, 4) is 0 Å². The van der Waals surface area contributed by atoms with Crippen molar-refractivity contribution in [2.24, 2.45) is 0 Å². The number of hydrogen-bond acceptors (Lipinski definition) is 3. The van der Waals surface area contributed by atoms with E-state index in [4.69, 9.17) is 0 Å². The van der Waals surface area contributed by atoms with Crippen LogP contribution in [0.25, 0.3) is 0 Å². The summed E-state index contributed by atoms with van der Waals surface area (Å²) in [5, 5.41) is 0. The van der Waals surface area contributed by atoms with Crippen LogP contribution >= 0.6 is 0 Å². The van der Waals surface area contributed by atoms with E-state index in [1.54, 1.807) is 24.3 Å². The lowest BCUT2D eigenvalue weighted by Crippen LogP contribution is -2.19. The van der Waals surface area contributed by atoms with Crippen molar-refractivity contribution in [1.29, 1.82) is 0 Å². The second-order valence-corrected chi connectivity index (χ2v) is 6.80. The Labute approximate surface area is 119 Å². The third kappa shape index (κ3) is 3.70. The van der Waals surface area contributed by atoms with Crippen LogP contribution in [0.4, 0.5) is 0 Å². The molecule has 0 unspecified atom stereocenters. The molecule has 0 saturated heterocycles. The topological polar surface area (TPSA) is 63.2 Å². The molecule has 1 fully saturated rings. The number of hydrogen-bond donors (Lipinski definition) is 1. The zero-order valence-corrected chi connectivity index (χ0v) is 12.4. The van der Waals surface area contributed by atoms with Gasteiger partial charge in [0, 0.05) is 18.2 Å². The summed E-state index contributed by atoms with van der Waals surface area (Å²) in [6, 6.07) is 6.62. The highest BCUT2D eigenvalue weighted by Crippen LogP contribution is 2.19. The van der Waals surface area contributed by atoms with Gasteiger partial charge in [0.05, 0.1) is 4.90 Å². The maximum Gasteiger partial charge on any atom is 0.261 e. The van der Waals surface area contributed by atoms with Crippen LogP contribution < -0.4 is 4.72 Å². The number of benzene rings is 1. The van der Waals surface area contributed by atoms with Crippen molar-refractivity contribution in [3.63, 3.8) is 0 Å². The predicted octanol–water partition coefficient (Wildman–Crippen LogP) is 2.69. The van der Waals surface area contributed by atoms with Crippen LogP contribution in [0.1, 0.15) is 37.7 Å². The number of nitrogens with one attached hydrogen (secondary N) is 1. The van der Waals surface area contributed by atoms with Crippen LogP contribution in [0.5, 0.6) is 0 Å². The summed E-state index contributed by atoms with van der Waals surface area (Å²) in [7, 11) is -3.59. The Morgan fingerprint density at radius 1 is 1.05 bits per heavy atom. The van der Waals surface area contributed by atoms with Gasteiger partial charge in [-0.25, -0.2) is 8.42 Å². The molecule has 20 heavy (non-hydrogen) atoms. The second-order valence-electron chi connectivity index (χ2n) is 5.09. The minimum atomic E-state index is -3.59. The first kappa shape index (κ1) is 14.8. The first-order valence-electron chi connectivity index (χ1n) is 6.80. The summed E-state index contributed by atoms with van der Waals surface area (Å²) in [6.45, 7) is 1.90. The van der Waals surface area contributed by atoms with Crippen LogP contribution in [0, 0.1) is 6.92 Å². The third-order valence-corrected chi connectivity index (χ3v) is 4.75. The summed E-state index contributed by atoms with van der Waals surface area (Å²) in [6.07, 6.45) is 5.37. The van der Waals surface area contributed by atoms with Gasteiger partial charge in [0.1, 0.15) is 0 Å². The Hall–Kier alpha value is -1.62. The lowest BCUT2D eigenvalue weighted by molar-refractivity contribution is -0.115. The van der Waals surface area contributed by atoms with Crippen LogP contribution in [-0.4, -0.2) is 14.2 Å². The Bertz CT molecular complexity index is 615. The highest BCUT2D eigenvalue weighted by Gasteiger charge is 2.16. The number of aryl methyl sites for hydroxylation is 1. The van der Waals surface area contributed by atoms with Gasteiger partial charge >= 0.3 is 0 Å². The molecule has 0 aliphatic heterocycles. The Balaban J connectivity index is 2.15. The smallest absolute Gasteiger partial charge is 0.261 e. The predicted molar refractivity (Wildman–Crippen MR) is 77.7 cm³/mol. The molecule has 0 atom stereocenters. The SMILES string of the molecule is Cc1ccc(S(=O)(=O)N/C=C2/CCCCCC2=O)cc1. The first-order chi connectivity index (χ1) is 9.49. The van der Waals surface area contributed by atoms with E-state index in [9.17, 15) is 13.2 Å². The lowest BCUT2D eigenvalue weighted by Gasteiger charge is -2.06. The van der Waals surface area contributed by atoms with Crippen LogP contribution in [0.3, 0.4) is 0 Å². The first-order valence-corrected chi connectivity index (χ1v) is 8.28. The van der Waals surface area contributed by atoms with Gasteiger partial charge in [-0.15, -0.1) is 0 Å². The van der Waals surface area contributed by atoms with Crippen LogP contribution in [-0.2, 0) is 14.8 Å². The van der Waals surface area contributed by atoms with Crippen molar-refractivity contribution in [2.75, 3.05) is 0 Å². The van der Waals surface area contributed by atoms with Gasteiger partial charge in [0.15, 0.2) is 5.78 Å². The zero-order chi connectivity index (χ0) is 14.6. The molecule has 0 bridgehead atoms. The maximum absolute atomic E-state index is 12.1. The van der Waals surface area contributed by atoms with E-state index in [1.807, 2.05) is 6.92 Å². The largest absolute Gasteiger partial charge is 0.294 e. The fourth-order valence-electron chi connectivity index (χ4n) is 2.16. The fraction of sp³-hybridized carbons (Fsp3) is 0.400. The molecule has 1 N–H and O–H groups in total. The summed E-state index contributed by atoms with van der Waals surface area (Å²) in [5.41, 5.74) is 1.58. The Morgan fingerprint density at radius 3 is 2.40 bits per heavy atom. The van der Waals surface area contributed by atoms with Gasteiger partial charge in [0.25, 0.3) is 10.0 Å². The molecule has 1 aromatic carbocycles. The highest BCUT2D eigenvalue weighted by atomic mass is 32.2. The summed E-state index contributed by atoms with van der Waals surface area (Å²) in [4.78, 5) is 12.0. The van der Waals surface area contributed by atoms with Gasteiger partial charge in [-0.2, -0.15) is 0 Å². The molecule has 0 radical (unpaired) electrons. The number of Topliss-reactive ketones (excluding diaryl/α,β-unsaturated/α-hetero) is 1. The molecule has 0 spiro atoms. The standard InChI is InChI=1S/C15H19NO3S/c1-12-7-9-14(10-8-12)20(18,19)16-11-13-5-3-2-4-6-15(13)17/h7-11,16H,2-6H2,1H3/b13-11-. The van der Waals surface area contributed by atoms with Crippen LogP contribution in [0.2, 0.25) is 0 Å². The van der Waals surface area contributed by atoms with Crippen LogP contribution in [0.15, 0.2) is 40.9 Å². The van der Waals surface area contributed by atoms with E-state index in [0.717, 1.165) is 24.8 Å². The van der Waals surface area contributed by atoms with Crippen molar-refractivity contribution in [1.82, 2.24) is 4.72 Å². The lowest BCUT2D eigenvalue weighted by atomic mass is 10.1. The van der Waals surface area contributed by atoms with Gasteiger partial charge in [-0.1, -0.05) is 24.1 Å². The molecule has 2 rings (SSSR count). The minimum Gasteiger partial charge on any atom is -0.294 e. The minimum absolute atomic E-state index is 0.0501. The molecule has 0 heterocycles. The molecule has 0 amide bonds. The summed E-state index contributed by atoms with van der Waals surface area (Å²) in [5.74, 6) is 0.0501. The molecule has 1 aromatic rings. The molecule has 1 aliphatic rings.